The van der Waals surface area contributed by atoms with Crippen LogP contribution in [0.3, 0.4) is 0 Å². The topological polar surface area (TPSA) is 31.6 Å². The van der Waals surface area contributed by atoms with Crippen molar-refractivity contribution in [2.45, 2.75) is 59.7 Å². The van der Waals surface area contributed by atoms with Gasteiger partial charge < -0.3 is 12.6 Å². The first kappa shape index (κ1) is 16.9. The highest BCUT2D eigenvalue weighted by atomic mass is 28.5. The number of aryl methyl sites for hydroxylation is 2. The summed E-state index contributed by atoms with van der Waals surface area (Å²) in [4.78, 5) is 0. The molecule has 0 aromatic carbocycles. The molecule has 1 rings (SSSR count). The third-order valence-electron chi connectivity index (χ3n) is 2.53. The summed E-state index contributed by atoms with van der Waals surface area (Å²) in [7, 11) is -5.73. The van der Waals surface area contributed by atoms with Gasteiger partial charge in [-0.25, -0.2) is 0 Å². The largest absolute Gasteiger partial charge is 0.467 e. The lowest BCUT2D eigenvalue weighted by Crippen LogP contribution is -2.60. The first-order valence-electron chi connectivity index (χ1n) is 6.80. The number of rotatable bonds is 5. The molecular formula is C13H28O3Si3. The van der Waals surface area contributed by atoms with E-state index in [4.69, 9.17) is 12.6 Å². The number of furan rings is 1. The average molecular weight is 317 g/mol. The fraction of sp³-hybridized carbons (Fsp3) is 0.692. The normalized spacial score (nSPS) is 13.9. The third kappa shape index (κ3) is 5.03. The van der Waals surface area contributed by atoms with Crippen molar-refractivity contribution in [1.29, 1.82) is 0 Å². The van der Waals surface area contributed by atoms with Crippen LogP contribution in [0.15, 0.2) is 10.5 Å². The fourth-order valence-corrected chi connectivity index (χ4v) is 14.3. The first-order valence-corrected chi connectivity index (χ1v) is 15.9. The quantitative estimate of drug-likeness (QED) is 0.773. The Morgan fingerprint density at radius 3 is 1.53 bits per heavy atom. The van der Waals surface area contributed by atoms with Gasteiger partial charge in [-0.1, -0.05) is 0 Å². The molecule has 0 aliphatic rings. The van der Waals surface area contributed by atoms with Gasteiger partial charge in [0, 0.05) is 5.19 Å². The summed E-state index contributed by atoms with van der Waals surface area (Å²) < 4.78 is 18.7. The monoisotopic (exact) mass is 316 g/mol. The molecule has 1 aromatic heterocycles. The van der Waals surface area contributed by atoms with E-state index in [9.17, 15) is 0 Å². The van der Waals surface area contributed by atoms with Gasteiger partial charge in [0.1, 0.15) is 11.5 Å². The molecule has 110 valence electrons. The molecule has 1 heterocycles. The van der Waals surface area contributed by atoms with Gasteiger partial charge in [0.25, 0.3) is 0 Å². The number of hydrogen-bond acceptors (Lipinski definition) is 3. The maximum Gasteiger partial charge on any atom is 0.352 e. The molecule has 0 atom stereocenters. The Morgan fingerprint density at radius 2 is 1.26 bits per heavy atom. The van der Waals surface area contributed by atoms with Gasteiger partial charge in [-0.15, -0.1) is 0 Å². The van der Waals surface area contributed by atoms with Crippen molar-refractivity contribution in [2.24, 2.45) is 0 Å². The van der Waals surface area contributed by atoms with Crippen LogP contribution in [0, 0.1) is 13.8 Å². The Balaban J connectivity index is 3.22. The Morgan fingerprint density at radius 1 is 0.842 bits per heavy atom. The van der Waals surface area contributed by atoms with E-state index in [2.05, 4.69) is 51.9 Å². The van der Waals surface area contributed by atoms with Gasteiger partial charge in [-0.2, -0.15) is 0 Å². The van der Waals surface area contributed by atoms with Gasteiger partial charge in [0.2, 0.25) is 0 Å². The fourth-order valence-electron chi connectivity index (χ4n) is 2.38. The second-order valence-electron chi connectivity index (χ2n) is 7.20. The maximum absolute atomic E-state index is 6.51. The van der Waals surface area contributed by atoms with Crippen molar-refractivity contribution < 1.29 is 12.6 Å². The molecule has 0 amide bonds. The molecular weight excluding hydrogens is 288 g/mol. The van der Waals surface area contributed by atoms with Crippen LogP contribution in [0.1, 0.15) is 11.5 Å². The van der Waals surface area contributed by atoms with Crippen LogP contribution in [-0.4, -0.2) is 25.2 Å². The summed E-state index contributed by atoms with van der Waals surface area (Å²) in [5.74, 6) is 1.88. The molecule has 6 heteroatoms. The van der Waals surface area contributed by atoms with Crippen molar-refractivity contribution in [1.82, 2.24) is 0 Å². The standard InChI is InChI=1S/C13H28O3Si3/c1-11-10-13(12(2)14-11)19(9,15-17(3,4)5)16-18(6,7)8/h10H,1-9H3. The summed E-state index contributed by atoms with van der Waals surface area (Å²) >= 11 is 0. The summed E-state index contributed by atoms with van der Waals surface area (Å²) in [6, 6.07) is 2.10. The molecule has 0 spiro atoms. The zero-order chi connectivity index (χ0) is 15.1. The van der Waals surface area contributed by atoms with Gasteiger partial charge in [0.05, 0.1) is 0 Å². The Hall–Kier alpha value is -0.149. The first-order chi connectivity index (χ1) is 8.32. The zero-order valence-corrected chi connectivity index (χ0v) is 16.8. The third-order valence-corrected chi connectivity index (χ3v) is 12.0. The Labute approximate surface area is 120 Å². The van der Waals surface area contributed by atoms with E-state index in [1.807, 2.05) is 13.8 Å². The zero-order valence-electron chi connectivity index (χ0n) is 13.8. The minimum atomic E-state index is -2.39. The van der Waals surface area contributed by atoms with Crippen LogP contribution < -0.4 is 5.19 Å². The van der Waals surface area contributed by atoms with E-state index in [1.165, 1.54) is 0 Å². The van der Waals surface area contributed by atoms with E-state index in [0.717, 1.165) is 16.7 Å². The van der Waals surface area contributed by atoms with Gasteiger partial charge in [-0.3, -0.25) is 0 Å². The highest BCUT2D eigenvalue weighted by molar-refractivity contribution is 6.94. The highest BCUT2D eigenvalue weighted by Crippen LogP contribution is 2.23. The second kappa shape index (κ2) is 5.33. The minimum absolute atomic E-state index is 0.935. The van der Waals surface area contributed by atoms with Crippen molar-refractivity contribution >= 4 is 30.4 Å². The van der Waals surface area contributed by atoms with E-state index < -0.39 is 25.2 Å². The van der Waals surface area contributed by atoms with Crippen molar-refractivity contribution in [3.05, 3.63) is 17.6 Å². The number of hydrogen-bond donors (Lipinski definition) is 0. The lowest BCUT2D eigenvalue weighted by Gasteiger charge is -2.38. The van der Waals surface area contributed by atoms with Crippen LogP contribution in [-0.2, 0) is 8.23 Å². The summed E-state index contributed by atoms with van der Waals surface area (Å²) in [6.07, 6.45) is 0. The molecule has 0 saturated carbocycles. The molecule has 0 unspecified atom stereocenters. The predicted octanol–water partition coefficient (Wildman–Crippen LogP) is 3.88. The Kier molecular flexibility index (Phi) is 4.74. The van der Waals surface area contributed by atoms with E-state index >= 15 is 0 Å². The second-order valence-corrected chi connectivity index (χ2v) is 19.7. The van der Waals surface area contributed by atoms with Crippen LogP contribution in [0.2, 0.25) is 45.8 Å². The average Bonchev–Trinajstić information content (AvgIpc) is 2.38. The van der Waals surface area contributed by atoms with E-state index in [-0.39, 0.29) is 0 Å². The summed E-state index contributed by atoms with van der Waals surface area (Å²) in [6.45, 7) is 19.5. The van der Waals surface area contributed by atoms with Crippen molar-refractivity contribution in [3.63, 3.8) is 0 Å². The summed E-state index contributed by atoms with van der Waals surface area (Å²) in [5, 5.41) is 1.16. The SMILES string of the molecule is Cc1cc([Si](C)(O[Si](C)(C)C)O[Si](C)(C)C)c(C)o1. The molecule has 0 saturated heterocycles. The van der Waals surface area contributed by atoms with Crippen molar-refractivity contribution in [3.8, 4) is 0 Å². The Bertz CT molecular complexity index is 425. The van der Waals surface area contributed by atoms with Gasteiger partial charge in [-0.05, 0) is 65.7 Å². The van der Waals surface area contributed by atoms with Gasteiger partial charge in [0.15, 0.2) is 16.6 Å². The molecule has 0 aliphatic heterocycles. The molecule has 1 aromatic rings. The molecule has 3 nitrogen and oxygen atoms in total. The lowest BCUT2D eigenvalue weighted by molar-refractivity contribution is 0.403. The smallest absolute Gasteiger partial charge is 0.352 e. The molecule has 0 bridgehead atoms. The molecule has 0 radical (unpaired) electrons. The molecule has 0 N–H and O–H groups in total. The van der Waals surface area contributed by atoms with Crippen LogP contribution >= 0.6 is 0 Å². The minimum Gasteiger partial charge on any atom is -0.467 e. The van der Waals surface area contributed by atoms with E-state index in [1.54, 1.807) is 0 Å². The predicted molar refractivity (Wildman–Crippen MR) is 88.3 cm³/mol. The van der Waals surface area contributed by atoms with Gasteiger partial charge >= 0.3 is 8.56 Å². The van der Waals surface area contributed by atoms with E-state index in [0.29, 0.717) is 0 Å². The lowest BCUT2D eigenvalue weighted by atomic mass is 10.4. The van der Waals surface area contributed by atoms with Crippen LogP contribution in [0.4, 0.5) is 0 Å². The molecule has 0 aliphatic carbocycles. The maximum atomic E-state index is 6.51. The highest BCUT2D eigenvalue weighted by Gasteiger charge is 2.44. The van der Waals surface area contributed by atoms with Crippen LogP contribution in [0.5, 0.6) is 0 Å². The summed E-state index contributed by atoms with van der Waals surface area (Å²) in [5.41, 5.74) is 0. The molecule has 0 fully saturated rings. The van der Waals surface area contributed by atoms with Crippen LogP contribution in [0.25, 0.3) is 0 Å². The molecule has 19 heavy (non-hydrogen) atoms. The van der Waals surface area contributed by atoms with Crippen molar-refractivity contribution in [2.75, 3.05) is 0 Å².